The minimum absolute atomic E-state index is 0.566. The van der Waals surface area contributed by atoms with E-state index in [4.69, 9.17) is 19.4 Å². The topological polar surface area (TPSA) is 93.0 Å². The Morgan fingerprint density at radius 2 is 0.975 bits per heavy atom. The number of rotatable bonds is 7. The number of pyridine rings is 2. The Kier molecular flexibility index (Phi) is 6.90. The van der Waals surface area contributed by atoms with Crippen LogP contribution in [0.5, 0.6) is 11.8 Å². The van der Waals surface area contributed by atoms with E-state index in [1.165, 1.54) is 0 Å². The average molecular weight is 533 g/mol. The van der Waals surface area contributed by atoms with Gasteiger partial charge in [-0.15, -0.1) is 0 Å². The van der Waals surface area contributed by atoms with Gasteiger partial charge in [-0.2, -0.15) is 0 Å². The van der Waals surface area contributed by atoms with Gasteiger partial charge < -0.3 is 20.1 Å². The lowest BCUT2D eigenvalue weighted by molar-refractivity contribution is 0.397. The van der Waals surface area contributed by atoms with E-state index in [-0.39, 0.29) is 0 Å². The first kappa shape index (κ1) is 25.6. The minimum Gasteiger partial charge on any atom is -0.480 e. The van der Waals surface area contributed by atoms with E-state index < -0.39 is 0 Å². The summed E-state index contributed by atoms with van der Waals surface area (Å²) < 4.78 is 11.3. The van der Waals surface area contributed by atoms with Crippen molar-refractivity contribution in [2.45, 2.75) is 13.8 Å². The van der Waals surface area contributed by atoms with E-state index in [0.29, 0.717) is 11.8 Å². The van der Waals surface area contributed by atoms with Crippen LogP contribution in [0, 0.1) is 13.8 Å². The first-order valence-electron chi connectivity index (χ1n) is 13.5. The third-order valence-electron chi connectivity index (χ3n) is 7.48. The van der Waals surface area contributed by atoms with E-state index in [9.17, 15) is 0 Å². The van der Waals surface area contributed by atoms with Crippen molar-refractivity contribution in [2.24, 2.45) is 9.98 Å². The highest BCUT2D eigenvalue weighted by Crippen LogP contribution is 2.37. The van der Waals surface area contributed by atoms with Crippen LogP contribution in [0.15, 0.2) is 70.6 Å². The molecule has 0 saturated carbocycles. The number of nitrogens with zero attached hydrogens (tertiary/aromatic N) is 4. The number of aromatic nitrogens is 2. The van der Waals surface area contributed by atoms with Crippen LogP contribution in [0.2, 0.25) is 0 Å². The van der Waals surface area contributed by atoms with Gasteiger partial charge in [0.15, 0.2) is 0 Å². The highest BCUT2D eigenvalue weighted by Gasteiger charge is 2.20. The molecule has 4 aromatic rings. The lowest BCUT2D eigenvalue weighted by Crippen LogP contribution is -2.20. The first-order chi connectivity index (χ1) is 19.6. The van der Waals surface area contributed by atoms with Gasteiger partial charge in [-0.05, 0) is 60.4 Å². The lowest BCUT2D eigenvalue weighted by Gasteiger charge is -2.17. The van der Waals surface area contributed by atoms with Gasteiger partial charge in [-0.1, -0.05) is 36.4 Å². The second kappa shape index (κ2) is 10.8. The zero-order valence-electron chi connectivity index (χ0n) is 23.2. The van der Waals surface area contributed by atoms with Crippen molar-refractivity contribution >= 4 is 11.7 Å². The lowest BCUT2D eigenvalue weighted by atomic mass is 9.89. The third kappa shape index (κ3) is 4.55. The Morgan fingerprint density at radius 3 is 1.35 bits per heavy atom. The fourth-order valence-corrected chi connectivity index (χ4v) is 5.42. The van der Waals surface area contributed by atoms with Crippen LogP contribution in [0.3, 0.4) is 0 Å². The van der Waals surface area contributed by atoms with Crippen molar-refractivity contribution in [2.75, 3.05) is 40.4 Å². The van der Waals surface area contributed by atoms with E-state index in [1.54, 1.807) is 14.2 Å². The van der Waals surface area contributed by atoms with Gasteiger partial charge in [0.2, 0.25) is 11.8 Å². The fourth-order valence-electron chi connectivity index (χ4n) is 5.42. The van der Waals surface area contributed by atoms with Gasteiger partial charge in [-0.25, -0.2) is 9.97 Å². The molecule has 40 heavy (non-hydrogen) atoms. The number of aliphatic imine (C=N–C) groups is 2. The van der Waals surface area contributed by atoms with Gasteiger partial charge in [0, 0.05) is 24.2 Å². The maximum atomic E-state index is 5.66. The molecule has 2 N–H and O–H groups in total. The van der Waals surface area contributed by atoms with E-state index >= 15 is 0 Å². The molecule has 0 fully saturated rings. The fraction of sp³-hybridized carbons (Fsp3) is 0.250. The number of amidine groups is 2. The molecule has 0 aliphatic carbocycles. The van der Waals surface area contributed by atoms with Crippen LogP contribution in [0.1, 0.15) is 22.3 Å². The number of ether oxygens (including phenoxy) is 2. The van der Waals surface area contributed by atoms with E-state index in [0.717, 1.165) is 93.7 Å². The summed E-state index contributed by atoms with van der Waals surface area (Å²) >= 11 is 0. The van der Waals surface area contributed by atoms with Gasteiger partial charge in [0.1, 0.15) is 11.7 Å². The zero-order valence-corrected chi connectivity index (χ0v) is 23.2. The van der Waals surface area contributed by atoms with Gasteiger partial charge in [0.05, 0.1) is 49.8 Å². The van der Waals surface area contributed by atoms with Crippen LogP contribution in [-0.2, 0) is 0 Å². The number of hydrogen-bond donors (Lipinski definition) is 2. The summed E-state index contributed by atoms with van der Waals surface area (Å²) in [6.07, 6.45) is 0. The molecule has 4 heterocycles. The Morgan fingerprint density at radius 1 is 0.550 bits per heavy atom. The summed E-state index contributed by atoms with van der Waals surface area (Å²) in [5.41, 5.74) is 10.2. The van der Waals surface area contributed by atoms with Crippen molar-refractivity contribution in [3.8, 4) is 45.4 Å². The number of methoxy groups -OCH3 is 2. The highest BCUT2D eigenvalue weighted by atomic mass is 16.5. The second-order valence-corrected chi connectivity index (χ2v) is 9.78. The smallest absolute Gasteiger partial charge is 0.224 e. The Labute approximate surface area is 234 Å². The highest BCUT2D eigenvalue weighted by molar-refractivity contribution is 6.02. The standard InChI is InChI=1S/C32H32N6O2/c1-19-21(7-5-9-23(19)27-13-11-25(31(37-27)39-3)29-33-15-16-34-29)22-8-6-10-24(20(22)2)28-14-12-26(32(38-28)40-4)30-35-17-18-36-30/h5-14H,15-18H2,1-4H3,(H,33,34)(H,35,36). The molecule has 0 atom stereocenters. The molecule has 0 spiro atoms. The third-order valence-corrected chi connectivity index (χ3v) is 7.48. The van der Waals surface area contributed by atoms with Crippen molar-refractivity contribution in [1.29, 1.82) is 0 Å². The van der Waals surface area contributed by atoms with Crippen LogP contribution < -0.4 is 20.1 Å². The maximum absolute atomic E-state index is 5.66. The second-order valence-electron chi connectivity index (χ2n) is 9.78. The van der Waals surface area contributed by atoms with Crippen LogP contribution in [0.25, 0.3) is 33.6 Å². The Hall–Kier alpha value is -4.72. The molecule has 0 radical (unpaired) electrons. The van der Waals surface area contributed by atoms with Crippen molar-refractivity contribution in [3.05, 3.63) is 82.9 Å². The van der Waals surface area contributed by atoms with Crippen LogP contribution >= 0.6 is 0 Å². The summed E-state index contributed by atoms with van der Waals surface area (Å²) in [6.45, 7) is 7.48. The first-order valence-corrected chi connectivity index (χ1v) is 13.5. The Bertz CT molecular complexity index is 1540. The normalized spacial score (nSPS) is 14.3. The molecule has 0 saturated heterocycles. The molecule has 8 heteroatoms. The monoisotopic (exact) mass is 532 g/mol. The van der Waals surface area contributed by atoms with Gasteiger partial charge in [0.25, 0.3) is 0 Å². The number of nitrogens with one attached hydrogen (secondary N) is 2. The SMILES string of the molecule is COc1nc(-c2cccc(-c3cccc(-c4ccc(C5=NCCN5)c(OC)n4)c3C)c2C)ccc1C1=NCCN1. The number of hydrogen-bond acceptors (Lipinski definition) is 8. The van der Waals surface area contributed by atoms with Gasteiger partial charge >= 0.3 is 0 Å². The molecule has 8 nitrogen and oxygen atoms in total. The summed E-state index contributed by atoms with van der Waals surface area (Å²) in [7, 11) is 3.30. The van der Waals surface area contributed by atoms with E-state index in [1.807, 2.05) is 24.3 Å². The molecular formula is C32H32N6O2. The zero-order chi connectivity index (χ0) is 27.6. The number of benzene rings is 2. The summed E-state index contributed by atoms with van der Waals surface area (Å²) in [5.74, 6) is 2.80. The van der Waals surface area contributed by atoms with Crippen molar-refractivity contribution < 1.29 is 9.47 Å². The summed E-state index contributed by atoms with van der Waals surface area (Å²) in [5, 5.41) is 6.61. The van der Waals surface area contributed by atoms with Gasteiger partial charge in [-0.3, -0.25) is 9.98 Å². The minimum atomic E-state index is 0.566. The molecular weight excluding hydrogens is 500 g/mol. The van der Waals surface area contributed by atoms with Crippen molar-refractivity contribution in [3.63, 3.8) is 0 Å². The predicted octanol–water partition coefficient (Wildman–Crippen LogP) is 4.81. The van der Waals surface area contributed by atoms with Crippen molar-refractivity contribution in [1.82, 2.24) is 20.6 Å². The summed E-state index contributed by atoms with van der Waals surface area (Å²) in [4.78, 5) is 18.8. The van der Waals surface area contributed by atoms with E-state index in [2.05, 4.69) is 70.9 Å². The molecule has 202 valence electrons. The molecule has 6 rings (SSSR count). The molecule has 0 amide bonds. The Balaban J connectivity index is 1.39. The average Bonchev–Trinajstić information content (AvgIpc) is 3.72. The molecule has 0 bridgehead atoms. The molecule has 0 unspecified atom stereocenters. The van der Waals surface area contributed by atoms with Crippen LogP contribution in [0.4, 0.5) is 0 Å². The quantitative estimate of drug-likeness (QED) is 0.355. The maximum Gasteiger partial charge on any atom is 0.224 e. The molecule has 2 aliphatic rings. The largest absolute Gasteiger partial charge is 0.480 e. The van der Waals surface area contributed by atoms with Crippen LogP contribution in [-0.4, -0.2) is 62.0 Å². The molecule has 2 aromatic heterocycles. The summed E-state index contributed by atoms with van der Waals surface area (Å²) in [6, 6.07) is 20.8. The predicted molar refractivity (Wildman–Crippen MR) is 160 cm³/mol. The molecule has 2 aromatic carbocycles. The molecule has 2 aliphatic heterocycles.